The summed E-state index contributed by atoms with van der Waals surface area (Å²) in [5.74, 6) is -0.390. The maximum absolute atomic E-state index is 12.7. The normalized spacial score (nSPS) is 15.1. The van der Waals surface area contributed by atoms with E-state index in [1.165, 1.54) is 0 Å². The van der Waals surface area contributed by atoms with Crippen LogP contribution in [0, 0.1) is 12.8 Å². The van der Waals surface area contributed by atoms with Crippen molar-refractivity contribution in [3.63, 3.8) is 0 Å². The van der Waals surface area contributed by atoms with Gasteiger partial charge in [-0.3, -0.25) is 9.59 Å². The zero-order valence-electron chi connectivity index (χ0n) is 18.4. The summed E-state index contributed by atoms with van der Waals surface area (Å²) in [4.78, 5) is 25.2. The van der Waals surface area contributed by atoms with Crippen molar-refractivity contribution in [1.82, 2.24) is 5.32 Å². The van der Waals surface area contributed by atoms with Crippen molar-refractivity contribution >= 4 is 17.5 Å². The summed E-state index contributed by atoms with van der Waals surface area (Å²) in [5.41, 5.74) is 2.67. The van der Waals surface area contributed by atoms with Crippen molar-refractivity contribution < 1.29 is 27.5 Å². The van der Waals surface area contributed by atoms with E-state index in [1.807, 2.05) is 31.2 Å². The number of carbonyl (C=O) groups is 2. The number of alkyl halides is 3. The highest BCUT2D eigenvalue weighted by atomic mass is 19.4. The molecule has 0 saturated heterocycles. The highest BCUT2D eigenvalue weighted by Crippen LogP contribution is 2.31. The van der Waals surface area contributed by atoms with Gasteiger partial charge in [0.05, 0.1) is 11.5 Å². The van der Waals surface area contributed by atoms with Crippen LogP contribution >= 0.6 is 0 Å². The summed E-state index contributed by atoms with van der Waals surface area (Å²) < 4.78 is 43.9. The van der Waals surface area contributed by atoms with Crippen LogP contribution in [0.1, 0.15) is 32.6 Å². The number of carbonyl (C=O) groups excluding carboxylic acids is 2. The zero-order chi connectivity index (χ0) is 24.3. The quantitative estimate of drug-likeness (QED) is 0.545. The molecule has 1 unspecified atom stereocenters. The van der Waals surface area contributed by atoms with E-state index in [4.69, 9.17) is 4.74 Å². The van der Waals surface area contributed by atoms with Crippen LogP contribution in [-0.2, 0) is 23.9 Å². The maximum atomic E-state index is 12.7. The Bertz CT molecular complexity index is 1210. The Labute approximate surface area is 194 Å². The SMILES string of the molecule is Cc1ccccc1CNC(=O)C1COc2ccc(NC(=O)c3ccc(C(F)(F)F)cc3)cc2C1. The van der Waals surface area contributed by atoms with Crippen molar-refractivity contribution in [3.05, 3.63) is 94.5 Å². The Morgan fingerprint density at radius 1 is 1.03 bits per heavy atom. The predicted octanol–water partition coefficient (Wildman–Crippen LogP) is 5.13. The lowest BCUT2D eigenvalue weighted by atomic mass is 9.95. The average Bonchev–Trinajstić information content (AvgIpc) is 2.82. The fourth-order valence-corrected chi connectivity index (χ4v) is 3.79. The predicted molar refractivity (Wildman–Crippen MR) is 122 cm³/mol. The summed E-state index contributed by atoms with van der Waals surface area (Å²) in [6.07, 6.45) is -4.02. The largest absolute Gasteiger partial charge is 0.492 e. The fraction of sp³-hybridized carbons (Fsp3) is 0.231. The monoisotopic (exact) mass is 468 g/mol. The molecule has 2 amide bonds. The molecule has 0 saturated carbocycles. The van der Waals surface area contributed by atoms with Gasteiger partial charge in [-0.1, -0.05) is 24.3 Å². The molecule has 1 heterocycles. The standard InChI is InChI=1S/C26H23F3N2O3/c1-16-4-2-3-5-18(16)14-30-24(32)20-12-19-13-22(10-11-23(19)34-15-20)31-25(33)17-6-8-21(9-7-17)26(27,28)29/h2-11,13,20H,12,14-15H2,1H3,(H,30,32)(H,31,33). The minimum atomic E-state index is -4.46. The molecule has 3 aromatic rings. The Morgan fingerprint density at radius 2 is 1.76 bits per heavy atom. The van der Waals surface area contributed by atoms with Gasteiger partial charge in [0.2, 0.25) is 5.91 Å². The van der Waals surface area contributed by atoms with E-state index in [2.05, 4.69) is 10.6 Å². The molecule has 0 aromatic heterocycles. The second-order valence-electron chi connectivity index (χ2n) is 8.21. The Balaban J connectivity index is 1.39. The van der Waals surface area contributed by atoms with Crippen LogP contribution in [0.15, 0.2) is 66.7 Å². The van der Waals surface area contributed by atoms with E-state index in [0.717, 1.165) is 41.0 Å². The molecule has 4 rings (SSSR count). The van der Waals surface area contributed by atoms with Crippen LogP contribution in [0.2, 0.25) is 0 Å². The summed E-state index contributed by atoms with van der Waals surface area (Å²) in [6.45, 7) is 2.67. The van der Waals surface area contributed by atoms with E-state index >= 15 is 0 Å². The van der Waals surface area contributed by atoms with E-state index in [9.17, 15) is 22.8 Å². The van der Waals surface area contributed by atoms with Gasteiger partial charge in [-0.05, 0) is 72.5 Å². The first-order valence-corrected chi connectivity index (χ1v) is 10.8. The molecule has 34 heavy (non-hydrogen) atoms. The van der Waals surface area contributed by atoms with Crippen LogP contribution in [0.25, 0.3) is 0 Å². The molecule has 0 bridgehead atoms. The molecule has 2 N–H and O–H groups in total. The van der Waals surface area contributed by atoms with Crippen molar-refractivity contribution in [2.24, 2.45) is 5.92 Å². The van der Waals surface area contributed by atoms with Crippen molar-refractivity contribution in [2.45, 2.75) is 26.1 Å². The lowest BCUT2D eigenvalue weighted by Gasteiger charge is -2.25. The first kappa shape index (κ1) is 23.4. The van der Waals surface area contributed by atoms with Crippen molar-refractivity contribution in [3.8, 4) is 5.75 Å². The molecular weight excluding hydrogens is 445 g/mol. The topological polar surface area (TPSA) is 67.4 Å². The van der Waals surface area contributed by atoms with Gasteiger partial charge in [0.15, 0.2) is 0 Å². The number of anilines is 1. The summed E-state index contributed by atoms with van der Waals surface area (Å²) in [7, 11) is 0. The van der Waals surface area contributed by atoms with Gasteiger partial charge >= 0.3 is 6.18 Å². The van der Waals surface area contributed by atoms with Crippen LogP contribution in [-0.4, -0.2) is 18.4 Å². The Kier molecular flexibility index (Phi) is 6.58. The number of aryl methyl sites for hydroxylation is 1. The number of benzene rings is 3. The van der Waals surface area contributed by atoms with Gasteiger partial charge in [0, 0.05) is 17.8 Å². The minimum Gasteiger partial charge on any atom is -0.492 e. The molecule has 1 atom stereocenters. The molecule has 0 spiro atoms. The number of amides is 2. The lowest BCUT2D eigenvalue weighted by molar-refractivity contribution is -0.137. The third-order valence-corrected chi connectivity index (χ3v) is 5.78. The first-order chi connectivity index (χ1) is 16.2. The van der Waals surface area contributed by atoms with Crippen LogP contribution in [0.3, 0.4) is 0 Å². The van der Waals surface area contributed by atoms with Crippen LogP contribution in [0.5, 0.6) is 5.75 Å². The van der Waals surface area contributed by atoms with E-state index in [1.54, 1.807) is 18.2 Å². The smallest absolute Gasteiger partial charge is 0.416 e. The minimum absolute atomic E-state index is 0.107. The number of nitrogens with one attached hydrogen (secondary N) is 2. The zero-order valence-corrected chi connectivity index (χ0v) is 18.4. The van der Waals surface area contributed by atoms with Crippen LogP contribution < -0.4 is 15.4 Å². The highest BCUT2D eigenvalue weighted by molar-refractivity contribution is 6.04. The third-order valence-electron chi connectivity index (χ3n) is 5.78. The van der Waals surface area contributed by atoms with Gasteiger partial charge in [0.1, 0.15) is 12.4 Å². The van der Waals surface area contributed by atoms with Gasteiger partial charge in [-0.15, -0.1) is 0 Å². The van der Waals surface area contributed by atoms with E-state index in [-0.39, 0.29) is 24.0 Å². The lowest BCUT2D eigenvalue weighted by Crippen LogP contribution is -2.37. The number of halogens is 3. The molecule has 1 aliphatic rings. The van der Waals surface area contributed by atoms with Crippen molar-refractivity contribution in [1.29, 1.82) is 0 Å². The third kappa shape index (κ3) is 5.39. The Morgan fingerprint density at radius 3 is 2.47 bits per heavy atom. The van der Waals surface area contributed by atoms with Gasteiger partial charge < -0.3 is 15.4 Å². The van der Waals surface area contributed by atoms with Crippen molar-refractivity contribution in [2.75, 3.05) is 11.9 Å². The second-order valence-corrected chi connectivity index (χ2v) is 8.21. The summed E-state index contributed by atoms with van der Waals surface area (Å²) in [5, 5.41) is 5.64. The number of hydrogen-bond acceptors (Lipinski definition) is 3. The van der Waals surface area contributed by atoms with E-state index < -0.39 is 17.6 Å². The number of ether oxygens (including phenoxy) is 1. The molecule has 0 fully saturated rings. The molecule has 1 aliphatic heterocycles. The molecule has 8 heteroatoms. The second kappa shape index (κ2) is 9.59. The molecule has 176 valence electrons. The molecular formula is C26H23F3N2O3. The molecule has 0 aliphatic carbocycles. The van der Waals surface area contributed by atoms with Crippen LogP contribution in [0.4, 0.5) is 18.9 Å². The van der Waals surface area contributed by atoms with E-state index in [0.29, 0.717) is 24.4 Å². The first-order valence-electron chi connectivity index (χ1n) is 10.8. The molecule has 3 aromatic carbocycles. The fourth-order valence-electron chi connectivity index (χ4n) is 3.79. The summed E-state index contributed by atoms with van der Waals surface area (Å²) >= 11 is 0. The number of hydrogen-bond donors (Lipinski definition) is 2. The molecule has 5 nitrogen and oxygen atoms in total. The Hall–Kier alpha value is -3.81. The molecule has 0 radical (unpaired) electrons. The van der Waals surface area contributed by atoms with Gasteiger partial charge in [-0.2, -0.15) is 13.2 Å². The highest BCUT2D eigenvalue weighted by Gasteiger charge is 2.30. The number of fused-ring (bicyclic) bond motifs is 1. The summed E-state index contributed by atoms with van der Waals surface area (Å²) in [6, 6.07) is 16.9. The average molecular weight is 468 g/mol. The van der Waals surface area contributed by atoms with Gasteiger partial charge in [-0.25, -0.2) is 0 Å². The maximum Gasteiger partial charge on any atom is 0.416 e. The van der Waals surface area contributed by atoms with Gasteiger partial charge in [0.25, 0.3) is 5.91 Å². The number of rotatable bonds is 5.